The van der Waals surface area contributed by atoms with Gasteiger partial charge in [0.15, 0.2) is 0 Å². The lowest BCUT2D eigenvalue weighted by Gasteiger charge is -1.85. The van der Waals surface area contributed by atoms with E-state index in [1.165, 1.54) is 6.26 Å². The first-order valence-corrected chi connectivity index (χ1v) is 1.31. The molecule has 1 rings (SSSR count). The predicted octanol–water partition coefficient (Wildman–Crippen LogP) is -0.0812. The molecule has 1 aliphatic rings. The quantitative estimate of drug-likeness (QED) is 0.455. The van der Waals surface area contributed by atoms with Crippen molar-refractivity contribution in [2.24, 2.45) is 0 Å². The van der Waals surface area contributed by atoms with Gasteiger partial charge in [-0.05, 0) is 0 Å². The van der Waals surface area contributed by atoms with E-state index in [1.807, 2.05) is 0 Å². The molecule has 4 heteroatoms. The normalized spacial score (nSPS) is 14.7. The summed E-state index contributed by atoms with van der Waals surface area (Å²) in [6.45, 7) is 0. The number of halogens is 1. The first-order chi connectivity index (χ1) is 2.50. The van der Waals surface area contributed by atoms with Crippen LogP contribution in [0, 0.1) is 0 Å². The van der Waals surface area contributed by atoms with E-state index in [4.69, 9.17) is 0 Å². The standard InChI is InChI=1S/C2H4N2O.ClH/c1-2-5-4-3-1;/h1-4H;1H. The van der Waals surface area contributed by atoms with E-state index in [-0.39, 0.29) is 12.4 Å². The van der Waals surface area contributed by atoms with Crippen LogP contribution in [0.1, 0.15) is 0 Å². The van der Waals surface area contributed by atoms with Gasteiger partial charge in [-0.3, -0.25) is 5.43 Å². The van der Waals surface area contributed by atoms with Crippen LogP contribution in [0.4, 0.5) is 0 Å². The minimum atomic E-state index is 0. The minimum absolute atomic E-state index is 0. The maximum Gasteiger partial charge on any atom is 0.130 e. The van der Waals surface area contributed by atoms with E-state index in [9.17, 15) is 0 Å². The van der Waals surface area contributed by atoms with Gasteiger partial charge in [0.05, 0.1) is 6.20 Å². The Labute approximate surface area is 41.7 Å². The third-order valence-electron chi connectivity index (χ3n) is 0.337. The van der Waals surface area contributed by atoms with E-state index in [2.05, 4.69) is 15.9 Å². The number of hydrogen-bond donors (Lipinski definition) is 2. The van der Waals surface area contributed by atoms with Crippen LogP contribution in [0.25, 0.3) is 0 Å². The fourth-order valence-electron chi connectivity index (χ4n) is 0.170. The van der Waals surface area contributed by atoms with Gasteiger partial charge in [-0.25, -0.2) is 0 Å². The molecule has 0 radical (unpaired) electrons. The summed E-state index contributed by atoms with van der Waals surface area (Å²) >= 11 is 0. The molecule has 0 amide bonds. The van der Waals surface area contributed by atoms with Crippen LogP contribution in [0.5, 0.6) is 0 Å². The number of hydrazine groups is 1. The molecule has 0 atom stereocenters. The largest absolute Gasteiger partial charge is 0.395 e. The summed E-state index contributed by atoms with van der Waals surface area (Å²) in [5.41, 5.74) is 4.93. The summed E-state index contributed by atoms with van der Waals surface area (Å²) in [5.74, 6) is 0. The first kappa shape index (κ1) is 5.59. The average molecular weight is 109 g/mol. The lowest BCUT2D eigenvalue weighted by atomic mass is 11.0. The molecule has 1 heterocycles. The SMILES string of the molecule is C1=CONN1.Cl. The average Bonchev–Trinajstić information content (AvgIpc) is 1.76. The summed E-state index contributed by atoms with van der Waals surface area (Å²) in [5, 5.41) is 0. The summed E-state index contributed by atoms with van der Waals surface area (Å²) in [4.78, 5) is 4.40. The molecule has 0 spiro atoms. The van der Waals surface area contributed by atoms with Gasteiger partial charge in [-0.1, -0.05) is 5.59 Å². The molecule has 0 aromatic rings. The second kappa shape index (κ2) is 2.81. The Hall–Kier alpha value is -0.410. The van der Waals surface area contributed by atoms with E-state index in [0.717, 1.165) is 0 Å². The third-order valence-corrected chi connectivity index (χ3v) is 0.337. The maximum atomic E-state index is 4.40. The van der Waals surface area contributed by atoms with Crippen LogP contribution >= 0.6 is 12.4 Å². The Bertz CT molecular complexity index is 49.5. The maximum absolute atomic E-state index is 4.40. The minimum Gasteiger partial charge on any atom is -0.395 e. The van der Waals surface area contributed by atoms with Crippen molar-refractivity contribution in [2.75, 3.05) is 0 Å². The summed E-state index contributed by atoms with van der Waals surface area (Å²) in [7, 11) is 0. The zero-order chi connectivity index (χ0) is 3.54. The van der Waals surface area contributed by atoms with Crippen LogP contribution in [0.3, 0.4) is 0 Å². The zero-order valence-electron chi connectivity index (χ0n) is 2.97. The molecule has 0 unspecified atom stereocenters. The van der Waals surface area contributed by atoms with E-state index in [1.54, 1.807) is 6.20 Å². The van der Waals surface area contributed by atoms with Gasteiger partial charge in [0.25, 0.3) is 0 Å². The fourth-order valence-corrected chi connectivity index (χ4v) is 0.170. The summed E-state index contributed by atoms with van der Waals surface area (Å²) < 4.78 is 0. The van der Waals surface area contributed by atoms with Gasteiger partial charge in [0, 0.05) is 0 Å². The first-order valence-electron chi connectivity index (χ1n) is 1.31. The second-order valence-corrected chi connectivity index (χ2v) is 0.667. The van der Waals surface area contributed by atoms with Crippen molar-refractivity contribution in [1.29, 1.82) is 0 Å². The Morgan fingerprint density at radius 2 is 2.33 bits per heavy atom. The van der Waals surface area contributed by atoms with Crippen molar-refractivity contribution in [1.82, 2.24) is 11.0 Å². The highest BCUT2D eigenvalue weighted by Crippen LogP contribution is 1.70. The molecule has 0 aromatic heterocycles. The van der Waals surface area contributed by atoms with Crippen LogP contribution in [0.2, 0.25) is 0 Å². The van der Waals surface area contributed by atoms with E-state index < -0.39 is 0 Å². The van der Waals surface area contributed by atoms with Crippen molar-refractivity contribution in [3.63, 3.8) is 0 Å². The molecule has 3 nitrogen and oxygen atoms in total. The molecule has 0 saturated carbocycles. The second-order valence-electron chi connectivity index (χ2n) is 0.667. The van der Waals surface area contributed by atoms with Gasteiger partial charge < -0.3 is 4.84 Å². The summed E-state index contributed by atoms with van der Waals surface area (Å²) in [6, 6.07) is 0. The van der Waals surface area contributed by atoms with E-state index in [0.29, 0.717) is 0 Å². The Balaban J connectivity index is 0.000000250. The number of hydrogen-bond acceptors (Lipinski definition) is 3. The molecule has 0 bridgehead atoms. The fraction of sp³-hybridized carbons (Fsp3) is 0. The molecule has 0 saturated heterocycles. The van der Waals surface area contributed by atoms with Crippen molar-refractivity contribution in [3.05, 3.63) is 12.5 Å². The molecular formula is C2H5ClN2O. The molecule has 1 aliphatic heterocycles. The van der Waals surface area contributed by atoms with Gasteiger partial charge in [-0.2, -0.15) is 0 Å². The third kappa shape index (κ3) is 1.14. The van der Waals surface area contributed by atoms with Crippen molar-refractivity contribution < 1.29 is 4.84 Å². The van der Waals surface area contributed by atoms with Crippen LogP contribution < -0.4 is 11.0 Å². The molecular weight excluding hydrogens is 103 g/mol. The highest BCUT2D eigenvalue weighted by Gasteiger charge is 1.77. The topological polar surface area (TPSA) is 33.3 Å². The smallest absolute Gasteiger partial charge is 0.130 e. The molecule has 0 aliphatic carbocycles. The summed E-state index contributed by atoms with van der Waals surface area (Å²) in [6.07, 6.45) is 3.17. The molecule has 6 heavy (non-hydrogen) atoms. The van der Waals surface area contributed by atoms with E-state index >= 15 is 0 Å². The Morgan fingerprint density at radius 1 is 1.50 bits per heavy atom. The van der Waals surface area contributed by atoms with Crippen LogP contribution in [0.15, 0.2) is 12.5 Å². The van der Waals surface area contributed by atoms with Gasteiger partial charge in [-0.15, -0.1) is 12.4 Å². The predicted molar refractivity (Wildman–Crippen MR) is 23.7 cm³/mol. The van der Waals surface area contributed by atoms with Crippen molar-refractivity contribution in [3.8, 4) is 0 Å². The van der Waals surface area contributed by atoms with Crippen molar-refractivity contribution >= 4 is 12.4 Å². The lowest BCUT2D eigenvalue weighted by Crippen LogP contribution is -2.17. The number of nitrogens with one attached hydrogen (secondary N) is 2. The van der Waals surface area contributed by atoms with Gasteiger partial charge >= 0.3 is 0 Å². The van der Waals surface area contributed by atoms with Crippen LogP contribution in [-0.2, 0) is 4.84 Å². The highest BCUT2D eigenvalue weighted by atomic mass is 35.5. The van der Waals surface area contributed by atoms with Crippen LogP contribution in [-0.4, -0.2) is 0 Å². The zero-order valence-corrected chi connectivity index (χ0v) is 3.79. The highest BCUT2D eigenvalue weighted by molar-refractivity contribution is 5.85. The molecule has 2 N–H and O–H groups in total. The Morgan fingerprint density at radius 3 is 2.50 bits per heavy atom. The number of rotatable bonds is 0. The molecule has 0 fully saturated rings. The molecule has 36 valence electrons. The Kier molecular flexibility index (Phi) is 2.62. The monoisotopic (exact) mass is 108 g/mol. The van der Waals surface area contributed by atoms with Crippen molar-refractivity contribution in [2.45, 2.75) is 0 Å². The van der Waals surface area contributed by atoms with Gasteiger partial charge in [0.1, 0.15) is 6.26 Å². The lowest BCUT2D eigenvalue weighted by molar-refractivity contribution is 0.137. The molecule has 0 aromatic carbocycles. The van der Waals surface area contributed by atoms with Gasteiger partial charge in [0.2, 0.25) is 0 Å².